The third-order valence-electron chi connectivity index (χ3n) is 3.54. The van der Waals surface area contributed by atoms with Gasteiger partial charge in [0, 0.05) is 10.8 Å². The number of para-hydroxylation sites is 2. The predicted molar refractivity (Wildman–Crippen MR) is 80.7 cm³/mol. The molecule has 0 spiro atoms. The Labute approximate surface area is 130 Å². The molecule has 1 aliphatic carbocycles. The van der Waals surface area contributed by atoms with Crippen molar-refractivity contribution in [1.82, 2.24) is 4.57 Å². The summed E-state index contributed by atoms with van der Waals surface area (Å²) in [5.74, 6) is 0. The molecule has 0 unspecified atom stereocenters. The van der Waals surface area contributed by atoms with Crippen molar-refractivity contribution in [1.29, 1.82) is 0 Å². The molecule has 1 aromatic heterocycles. The normalized spacial score (nSPS) is 13.1. The van der Waals surface area contributed by atoms with Gasteiger partial charge in [-0.3, -0.25) is 5.73 Å². The third-order valence-corrected chi connectivity index (χ3v) is 3.54. The van der Waals surface area contributed by atoms with Crippen LogP contribution in [0, 0.1) is 6.42 Å². The molecule has 3 aromatic rings. The molecule has 0 saturated heterocycles. The molecule has 1 aliphatic rings. The molecule has 90 valence electrons. The van der Waals surface area contributed by atoms with Gasteiger partial charge < -0.3 is 4.57 Å². The molecule has 4 rings (SSSR count). The van der Waals surface area contributed by atoms with Crippen molar-refractivity contribution in [3.8, 4) is 0 Å². The molecule has 20 heavy (non-hydrogen) atoms. The summed E-state index contributed by atoms with van der Waals surface area (Å²) in [4.78, 5) is 0. The van der Waals surface area contributed by atoms with E-state index >= 15 is 0 Å². The van der Waals surface area contributed by atoms with E-state index in [0.29, 0.717) is 0 Å². The molecule has 0 bridgehead atoms. The molecular weight excluding hydrogens is 237 g/mol. The molecule has 0 N–H and O–H groups in total. The van der Waals surface area contributed by atoms with Gasteiger partial charge in [0.2, 0.25) is 0 Å². The standard InChI is InChI=1S/C18H12N.Li/c1-2-8-14(9-3-1)19-17-12-6-4-10-15(17)16-11-5-7-13-18(16)19;/h2-13H;/q-1;+1. The minimum absolute atomic E-state index is 0. The number of benzene rings is 2. The summed E-state index contributed by atoms with van der Waals surface area (Å²) in [5.41, 5.74) is 6.75. The molecule has 0 fully saturated rings. The zero-order chi connectivity index (χ0) is 12.7. The van der Waals surface area contributed by atoms with E-state index < -0.39 is 0 Å². The summed E-state index contributed by atoms with van der Waals surface area (Å²) >= 11 is 0. The molecule has 2 heteroatoms. The van der Waals surface area contributed by atoms with Crippen LogP contribution in [0.3, 0.4) is 0 Å². The maximum Gasteiger partial charge on any atom is 1.00 e. The van der Waals surface area contributed by atoms with Crippen molar-refractivity contribution in [2.45, 2.75) is 0 Å². The SMILES string of the molecule is C1=CC=C(n2c3ccccc3c3ccccc32)[CH-]C=1.[Li+]. The van der Waals surface area contributed by atoms with Crippen LogP contribution in [-0.2, 0) is 0 Å². The summed E-state index contributed by atoms with van der Waals surface area (Å²) in [6.07, 6.45) is 8.11. The van der Waals surface area contributed by atoms with Gasteiger partial charge in [0.05, 0.1) is 11.0 Å². The monoisotopic (exact) mass is 249 g/mol. The minimum atomic E-state index is 0. The summed E-state index contributed by atoms with van der Waals surface area (Å²) in [6, 6.07) is 17.1. The largest absolute Gasteiger partial charge is 1.00 e. The van der Waals surface area contributed by atoms with Crippen LogP contribution in [0.1, 0.15) is 0 Å². The van der Waals surface area contributed by atoms with Crippen molar-refractivity contribution in [3.63, 3.8) is 0 Å². The number of aromatic nitrogens is 1. The molecule has 2 aromatic carbocycles. The number of hydrogen-bond acceptors (Lipinski definition) is 0. The zero-order valence-electron chi connectivity index (χ0n) is 11.4. The second-order valence-electron chi connectivity index (χ2n) is 4.63. The van der Waals surface area contributed by atoms with E-state index in [1.165, 1.54) is 27.5 Å². The average Bonchev–Trinajstić information content (AvgIpc) is 2.83. The van der Waals surface area contributed by atoms with Crippen LogP contribution in [-0.4, -0.2) is 4.57 Å². The van der Waals surface area contributed by atoms with Crippen LogP contribution in [0.4, 0.5) is 0 Å². The maximum absolute atomic E-state index is 3.08. The molecule has 0 saturated carbocycles. The van der Waals surface area contributed by atoms with Gasteiger partial charge in [0.15, 0.2) is 0 Å². The number of fused-ring (bicyclic) bond motifs is 3. The molecule has 1 heterocycles. The fraction of sp³-hybridized carbons (Fsp3) is 0. The first kappa shape index (κ1) is 13.0. The van der Waals surface area contributed by atoms with Crippen LogP contribution in [0.15, 0.2) is 72.5 Å². The van der Waals surface area contributed by atoms with Gasteiger partial charge in [0.1, 0.15) is 0 Å². The van der Waals surface area contributed by atoms with E-state index in [4.69, 9.17) is 0 Å². The number of allylic oxidation sites excluding steroid dienone is 3. The first-order valence-electron chi connectivity index (χ1n) is 6.40. The van der Waals surface area contributed by atoms with Crippen molar-refractivity contribution in [3.05, 3.63) is 78.9 Å². The molecular formula is C18H12LiN. The Morgan fingerprint density at radius 2 is 1.45 bits per heavy atom. The first-order chi connectivity index (χ1) is 9.45. The molecule has 0 radical (unpaired) electrons. The van der Waals surface area contributed by atoms with E-state index in [1.54, 1.807) is 0 Å². The smallest absolute Gasteiger partial charge is 0.333 e. The summed E-state index contributed by atoms with van der Waals surface area (Å²) in [7, 11) is 0. The van der Waals surface area contributed by atoms with E-state index in [2.05, 4.69) is 71.3 Å². The molecule has 0 amide bonds. The first-order valence-corrected chi connectivity index (χ1v) is 6.40. The second kappa shape index (κ2) is 5.16. The van der Waals surface area contributed by atoms with Gasteiger partial charge in [-0.1, -0.05) is 42.1 Å². The van der Waals surface area contributed by atoms with E-state index in [1.807, 2.05) is 12.2 Å². The Hall–Kier alpha value is -2.03. The number of rotatable bonds is 1. The van der Waals surface area contributed by atoms with Crippen LogP contribution in [0.5, 0.6) is 0 Å². The fourth-order valence-electron chi connectivity index (χ4n) is 2.73. The van der Waals surface area contributed by atoms with Crippen LogP contribution in [0.2, 0.25) is 0 Å². The van der Waals surface area contributed by atoms with Crippen molar-refractivity contribution < 1.29 is 18.9 Å². The maximum atomic E-state index is 3.08. The van der Waals surface area contributed by atoms with Crippen molar-refractivity contribution >= 4 is 27.5 Å². The Bertz CT molecular complexity index is 823. The van der Waals surface area contributed by atoms with E-state index in [-0.39, 0.29) is 18.9 Å². The van der Waals surface area contributed by atoms with Gasteiger partial charge >= 0.3 is 18.9 Å². The van der Waals surface area contributed by atoms with Gasteiger partial charge in [-0.25, -0.2) is 0 Å². The van der Waals surface area contributed by atoms with Crippen LogP contribution in [0.25, 0.3) is 27.5 Å². The topological polar surface area (TPSA) is 4.93 Å². The quantitative estimate of drug-likeness (QED) is 0.350. The number of nitrogens with zero attached hydrogens (tertiary/aromatic N) is 1. The molecule has 0 atom stereocenters. The minimum Gasteiger partial charge on any atom is -0.333 e. The van der Waals surface area contributed by atoms with Gasteiger partial charge in [-0.15, -0.1) is 24.6 Å². The average molecular weight is 249 g/mol. The Kier molecular flexibility index (Phi) is 3.34. The Balaban J connectivity index is 0.00000121. The molecule has 0 aliphatic heterocycles. The van der Waals surface area contributed by atoms with Crippen LogP contribution >= 0.6 is 0 Å². The zero-order valence-corrected chi connectivity index (χ0v) is 11.4. The Morgan fingerprint density at radius 1 is 0.850 bits per heavy atom. The third kappa shape index (κ3) is 1.85. The summed E-state index contributed by atoms with van der Waals surface area (Å²) < 4.78 is 2.30. The second-order valence-corrected chi connectivity index (χ2v) is 4.63. The van der Waals surface area contributed by atoms with Gasteiger partial charge in [0.25, 0.3) is 0 Å². The summed E-state index contributed by atoms with van der Waals surface area (Å²) in [6.45, 7) is 0. The van der Waals surface area contributed by atoms with Crippen molar-refractivity contribution in [2.24, 2.45) is 0 Å². The van der Waals surface area contributed by atoms with Crippen molar-refractivity contribution in [2.75, 3.05) is 0 Å². The number of hydrogen-bond donors (Lipinski definition) is 0. The molecule has 1 nitrogen and oxygen atoms in total. The fourth-order valence-corrected chi connectivity index (χ4v) is 2.73. The Morgan fingerprint density at radius 3 is 2.00 bits per heavy atom. The summed E-state index contributed by atoms with van der Waals surface area (Å²) in [5, 5.41) is 2.59. The van der Waals surface area contributed by atoms with Crippen LogP contribution < -0.4 is 18.9 Å². The van der Waals surface area contributed by atoms with Gasteiger partial charge in [-0.05, 0) is 12.1 Å². The predicted octanol–water partition coefficient (Wildman–Crippen LogP) is 1.57. The van der Waals surface area contributed by atoms with Gasteiger partial charge in [-0.2, -0.15) is 0 Å². The van der Waals surface area contributed by atoms with E-state index in [9.17, 15) is 0 Å². The van der Waals surface area contributed by atoms with E-state index in [0.717, 1.165) is 0 Å².